The van der Waals surface area contributed by atoms with Crippen molar-refractivity contribution < 1.29 is 23.9 Å². The van der Waals surface area contributed by atoms with Crippen LogP contribution in [0.5, 0.6) is 5.75 Å². The molecule has 0 aliphatic rings. The third kappa shape index (κ3) is 9.13. The van der Waals surface area contributed by atoms with E-state index in [1.165, 1.54) is 0 Å². The molecule has 0 aliphatic carbocycles. The van der Waals surface area contributed by atoms with Crippen LogP contribution in [0.25, 0.3) is 0 Å². The van der Waals surface area contributed by atoms with Crippen molar-refractivity contribution in [2.45, 2.75) is 59.5 Å². The molecule has 3 N–H and O–H groups in total. The van der Waals surface area contributed by atoms with Crippen LogP contribution in [-0.2, 0) is 19.7 Å². The Morgan fingerprint density at radius 2 is 1.47 bits per heavy atom. The number of hydrogen-bond acceptors (Lipinski definition) is 5. The number of carbonyl (C=O) groups is 3. The molecule has 2 aromatic carbocycles. The monoisotopic (exact) mass is 469 g/mol. The number of nitrogens with one attached hydrogen (secondary N) is 3. The van der Waals surface area contributed by atoms with Crippen molar-refractivity contribution in [2.24, 2.45) is 0 Å². The minimum Gasteiger partial charge on any atom is -0.483 e. The summed E-state index contributed by atoms with van der Waals surface area (Å²) in [4.78, 5) is 36.3. The van der Waals surface area contributed by atoms with Gasteiger partial charge in [0.1, 0.15) is 17.9 Å². The first kappa shape index (κ1) is 26.7. The van der Waals surface area contributed by atoms with Gasteiger partial charge in [-0.2, -0.15) is 0 Å². The average molecular weight is 470 g/mol. The van der Waals surface area contributed by atoms with Crippen molar-refractivity contribution in [1.29, 1.82) is 0 Å². The molecule has 0 saturated carbocycles. The summed E-state index contributed by atoms with van der Waals surface area (Å²) in [6.45, 7) is 13.1. The number of alkyl carbamates (subject to hydrolysis) is 1. The third-order valence-electron chi connectivity index (χ3n) is 4.52. The maximum atomic E-state index is 12.5. The fourth-order valence-corrected chi connectivity index (χ4v) is 3.04. The number of ether oxygens (including phenoxy) is 2. The van der Waals surface area contributed by atoms with Crippen LogP contribution in [0.15, 0.2) is 42.5 Å². The van der Waals surface area contributed by atoms with Gasteiger partial charge >= 0.3 is 6.09 Å². The van der Waals surface area contributed by atoms with Crippen LogP contribution in [0.1, 0.15) is 52.7 Å². The van der Waals surface area contributed by atoms with Crippen LogP contribution in [0, 0.1) is 6.92 Å². The highest BCUT2D eigenvalue weighted by Crippen LogP contribution is 2.32. The van der Waals surface area contributed by atoms with E-state index in [-0.39, 0.29) is 24.5 Å². The van der Waals surface area contributed by atoms with E-state index in [1.54, 1.807) is 45.0 Å². The molecule has 0 radical (unpaired) electrons. The summed E-state index contributed by atoms with van der Waals surface area (Å²) in [5.74, 6) is -0.0750. The van der Waals surface area contributed by atoms with E-state index >= 15 is 0 Å². The standard InChI is InChI=1S/C26H35N3O5/c1-17-11-12-21(20(13-17)25(2,3)4)33-16-23(31)29-19-10-8-9-18(14-19)28-22(30)15-27-24(32)34-26(5,6)7/h8-14H,15-16H2,1-7H3,(H,27,32)(H,28,30)(H,29,31). The van der Waals surface area contributed by atoms with Gasteiger partial charge < -0.3 is 25.4 Å². The van der Waals surface area contributed by atoms with Gasteiger partial charge in [-0.15, -0.1) is 0 Å². The van der Waals surface area contributed by atoms with E-state index < -0.39 is 17.6 Å². The van der Waals surface area contributed by atoms with Crippen molar-refractivity contribution >= 4 is 29.3 Å². The molecule has 184 valence electrons. The smallest absolute Gasteiger partial charge is 0.408 e. The largest absolute Gasteiger partial charge is 0.483 e. The molecule has 0 bridgehead atoms. The Balaban J connectivity index is 1.90. The minimum atomic E-state index is -0.674. The summed E-state index contributed by atoms with van der Waals surface area (Å²) in [5.41, 5.74) is 2.37. The first-order valence-corrected chi connectivity index (χ1v) is 11.1. The van der Waals surface area contributed by atoms with Crippen molar-refractivity contribution in [1.82, 2.24) is 5.32 Å². The Morgan fingerprint density at radius 3 is 2.06 bits per heavy atom. The lowest BCUT2D eigenvalue weighted by Gasteiger charge is -2.23. The average Bonchev–Trinajstić information content (AvgIpc) is 2.69. The molecule has 0 saturated heterocycles. The lowest BCUT2D eigenvalue weighted by molar-refractivity contribution is -0.118. The first-order valence-electron chi connectivity index (χ1n) is 11.1. The van der Waals surface area contributed by atoms with Crippen LogP contribution in [-0.4, -0.2) is 36.7 Å². The SMILES string of the molecule is Cc1ccc(OCC(=O)Nc2cccc(NC(=O)CNC(=O)OC(C)(C)C)c2)c(C(C)(C)C)c1. The third-order valence-corrected chi connectivity index (χ3v) is 4.52. The van der Waals surface area contributed by atoms with Crippen LogP contribution in [0.4, 0.5) is 16.2 Å². The second kappa shape index (κ2) is 11.0. The zero-order valence-corrected chi connectivity index (χ0v) is 21.0. The van der Waals surface area contributed by atoms with Crippen LogP contribution >= 0.6 is 0 Å². The van der Waals surface area contributed by atoms with Gasteiger partial charge in [0.25, 0.3) is 5.91 Å². The van der Waals surface area contributed by atoms with E-state index in [0.29, 0.717) is 17.1 Å². The Labute approximate surface area is 201 Å². The number of carbonyl (C=O) groups excluding carboxylic acids is 3. The fraction of sp³-hybridized carbons (Fsp3) is 0.423. The number of anilines is 2. The van der Waals surface area contributed by atoms with Crippen LogP contribution < -0.4 is 20.7 Å². The van der Waals surface area contributed by atoms with Crippen LogP contribution in [0.3, 0.4) is 0 Å². The fourth-order valence-electron chi connectivity index (χ4n) is 3.04. The second-order valence-electron chi connectivity index (χ2n) is 10.1. The Hall–Kier alpha value is -3.55. The molecule has 2 aromatic rings. The molecule has 0 aliphatic heterocycles. The molecule has 0 spiro atoms. The van der Waals surface area contributed by atoms with Gasteiger partial charge in [0.05, 0.1) is 0 Å². The minimum absolute atomic E-state index is 0.122. The van der Waals surface area contributed by atoms with Crippen LogP contribution in [0.2, 0.25) is 0 Å². The molecule has 0 unspecified atom stereocenters. The van der Waals surface area contributed by atoms with E-state index in [1.807, 2.05) is 19.1 Å². The molecule has 34 heavy (non-hydrogen) atoms. The van der Waals surface area contributed by atoms with E-state index in [4.69, 9.17) is 9.47 Å². The maximum Gasteiger partial charge on any atom is 0.408 e. The number of hydrogen-bond donors (Lipinski definition) is 3. The zero-order valence-electron chi connectivity index (χ0n) is 21.0. The van der Waals surface area contributed by atoms with Gasteiger partial charge in [0.2, 0.25) is 5.91 Å². The highest BCUT2D eigenvalue weighted by molar-refractivity contribution is 5.96. The first-order chi connectivity index (χ1) is 15.7. The molecule has 3 amide bonds. The Morgan fingerprint density at radius 1 is 0.853 bits per heavy atom. The molecule has 0 aromatic heterocycles. The molecule has 8 heteroatoms. The Bertz CT molecular complexity index is 1040. The lowest BCUT2D eigenvalue weighted by atomic mass is 9.85. The quantitative estimate of drug-likeness (QED) is 0.541. The predicted octanol–water partition coefficient (Wildman–Crippen LogP) is 4.77. The highest BCUT2D eigenvalue weighted by Gasteiger charge is 2.20. The predicted molar refractivity (Wildman–Crippen MR) is 133 cm³/mol. The van der Waals surface area contributed by atoms with E-state index in [2.05, 4.69) is 42.8 Å². The van der Waals surface area contributed by atoms with Crippen molar-refractivity contribution in [3.63, 3.8) is 0 Å². The summed E-state index contributed by atoms with van der Waals surface area (Å²) in [7, 11) is 0. The van der Waals surface area contributed by atoms with E-state index in [0.717, 1.165) is 11.1 Å². The summed E-state index contributed by atoms with van der Waals surface area (Å²) in [6, 6.07) is 12.6. The number of rotatable bonds is 7. The summed E-state index contributed by atoms with van der Waals surface area (Å²) >= 11 is 0. The van der Waals surface area contributed by atoms with Gasteiger partial charge in [0.15, 0.2) is 6.61 Å². The summed E-state index contributed by atoms with van der Waals surface area (Å²) in [5, 5.41) is 7.83. The van der Waals surface area contributed by atoms with Gasteiger partial charge in [-0.05, 0) is 62.9 Å². The Kier molecular flexibility index (Phi) is 8.68. The normalized spacial score (nSPS) is 11.4. The molecule has 8 nitrogen and oxygen atoms in total. The zero-order chi connectivity index (χ0) is 25.5. The summed E-state index contributed by atoms with van der Waals surface area (Å²) < 4.78 is 10.9. The molecule has 0 fully saturated rings. The van der Waals surface area contributed by atoms with Crippen molar-refractivity contribution in [2.75, 3.05) is 23.8 Å². The van der Waals surface area contributed by atoms with Crippen molar-refractivity contribution in [3.8, 4) is 5.75 Å². The lowest BCUT2D eigenvalue weighted by Crippen LogP contribution is -2.37. The second-order valence-corrected chi connectivity index (χ2v) is 10.1. The van der Waals surface area contributed by atoms with Gasteiger partial charge in [0, 0.05) is 11.4 Å². The summed E-state index contributed by atoms with van der Waals surface area (Å²) in [6.07, 6.45) is -0.674. The molecule has 0 atom stereocenters. The molecule has 0 heterocycles. The van der Waals surface area contributed by atoms with Gasteiger partial charge in [-0.1, -0.05) is 44.5 Å². The topological polar surface area (TPSA) is 106 Å². The molecular weight excluding hydrogens is 434 g/mol. The van der Waals surface area contributed by atoms with E-state index in [9.17, 15) is 14.4 Å². The number of benzene rings is 2. The van der Waals surface area contributed by atoms with Gasteiger partial charge in [-0.3, -0.25) is 9.59 Å². The van der Waals surface area contributed by atoms with Gasteiger partial charge in [-0.25, -0.2) is 4.79 Å². The molecule has 2 rings (SSSR count). The van der Waals surface area contributed by atoms with Crippen molar-refractivity contribution in [3.05, 3.63) is 53.6 Å². The molecular formula is C26H35N3O5. The maximum absolute atomic E-state index is 12.5. The number of amides is 3. The number of aryl methyl sites for hydroxylation is 1. The highest BCUT2D eigenvalue weighted by atomic mass is 16.6.